The molecule has 10 heteroatoms. The van der Waals surface area contributed by atoms with E-state index in [1.54, 1.807) is 29.0 Å². The maximum atomic E-state index is 14.0. The lowest BCUT2D eigenvalue weighted by Gasteiger charge is -2.09. The summed E-state index contributed by atoms with van der Waals surface area (Å²) in [4.78, 5) is 16.7. The molecule has 0 unspecified atom stereocenters. The van der Waals surface area contributed by atoms with Crippen molar-refractivity contribution < 1.29 is 22.8 Å². The van der Waals surface area contributed by atoms with Crippen LogP contribution in [0, 0.1) is 11.6 Å². The molecule has 0 aliphatic carbocycles. The summed E-state index contributed by atoms with van der Waals surface area (Å²) in [6.07, 6.45) is 1.65. The molecule has 7 nitrogen and oxygen atoms in total. The standard InChI is InChI=1S/C21H15ClF2N4O3/c1-30-18-7-4-12(9-15(18)24)20-26-21(31-27-20)17-3-2-8-28(17)11-19(29)25-16-10-13(23)5-6-14(16)22/h2-10H,11H2,1H3,(H,25,29). The van der Waals surface area contributed by atoms with E-state index >= 15 is 0 Å². The van der Waals surface area contributed by atoms with Gasteiger partial charge in [-0.25, -0.2) is 8.78 Å². The van der Waals surface area contributed by atoms with Crippen molar-refractivity contribution in [1.82, 2.24) is 14.7 Å². The van der Waals surface area contributed by atoms with Crippen molar-refractivity contribution in [2.45, 2.75) is 6.54 Å². The minimum absolute atomic E-state index is 0.103. The number of nitrogens with zero attached hydrogens (tertiary/aromatic N) is 3. The van der Waals surface area contributed by atoms with Crippen LogP contribution in [0.5, 0.6) is 5.75 Å². The molecule has 2 aromatic heterocycles. The molecule has 2 aromatic carbocycles. The fourth-order valence-corrected chi connectivity index (χ4v) is 3.10. The number of rotatable bonds is 6. The van der Waals surface area contributed by atoms with Gasteiger partial charge in [0.25, 0.3) is 5.89 Å². The van der Waals surface area contributed by atoms with E-state index in [4.69, 9.17) is 20.9 Å². The van der Waals surface area contributed by atoms with E-state index in [0.29, 0.717) is 11.3 Å². The normalized spacial score (nSPS) is 10.8. The van der Waals surface area contributed by atoms with Crippen LogP contribution >= 0.6 is 11.6 Å². The van der Waals surface area contributed by atoms with Crippen molar-refractivity contribution >= 4 is 23.2 Å². The molecule has 0 radical (unpaired) electrons. The molecule has 31 heavy (non-hydrogen) atoms. The molecule has 0 atom stereocenters. The van der Waals surface area contributed by atoms with Gasteiger partial charge in [0.05, 0.1) is 17.8 Å². The van der Waals surface area contributed by atoms with Gasteiger partial charge in [0, 0.05) is 11.8 Å². The molecule has 0 spiro atoms. The highest BCUT2D eigenvalue weighted by Gasteiger charge is 2.17. The Hall–Kier alpha value is -3.72. The van der Waals surface area contributed by atoms with Gasteiger partial charge >= 0.3 is 0 Å². The smallest absolute Gasteiger partial charge is 0.274 e. The van der Waals surface area contributed by atoms with Crippen LogP contribution in [0.1, 0.15) is 0 Å². The zero-order valence-corrected chi connectivity index (χ0v) is 16.9. The van der Waals surface area contributed by atoms with E-state index in [1.165, 1.54) is 31.4 Å². The largest absolute Gasteiger partial charge is 0.494 e. The van der Waals surface area contributed by atoms with Crippen LogP contribution < -0.4 is 10.1 Å². The maximum Gasteiger partial charge on any atom is 0.274 e. The van der Waals surface area contributed by atoms with Crippen LogP contribution in [-0.2, 0) is 11.3 Å². The van der Waals surface area contributed by atoms with Crippen molar-refractivity contribution in [3.8, 4) is 28.7 Å². The summed E-state index contributed by atoms with van der Waals surface area (Å²) < 4.78 is 39.1. The zero-order valence-electron chi connectivity index (χ0n) is 16.1. The number of carbonyl (C=O) groups excluding carboxylic acids is 1. The minimum atomic E-state index is -0.553. The molecule has 4 aromatic rings. The summed E-state index contributed by atoms with van der Waals surface area (Å²) in [5.74, 6) is -1.07. The van der Waals surface area contributed by atoms with Crippen molar-refractivity contribution in [3.05, 3.63) is 71.4 Å². The Morgan fingerprint density at radius 2 is 2.06 bits per heavy atom. The van der Waals surface area contributed by atoms with E-state index < -0.39 is 17.5 Å². The first-order chi connectivity index (χ1) is 14.9. The van der Waals surface area contributed by atoms with Crippen LogP contribution in [0.3, 0.4) is 0 Å². The molecule has 158 valence electrons. The zero-order chi connectivity index (χ0) is 22.0. The Balaban J connectivity index is 1.53. The van der Waals surface area contributed by atoms with Crippen LogP contribution in [0.4, 0.5) is 14.5 Å². The van der Waals surface area contributed by atoms with Crippen LogP contribution in [0.2, 0.25) is 5.02 Å². The third kappa shape index (κ3) is 4.41. The number of benzene rings is 2. The van der Waals surface area contributed by atoms with E-state index in [-0.39, 0.29) is 34.7 Å². The predicted octanol–water partition coefficient (Wildman–Crippen LogP) is 4.78. The highest BCUT2D eigenvalue weighted by atomic mass is 35.5. The SMILES string of the molecule is COc1ccc(-c2noc(-c3cccn3CC(=O)Nc3cc(F)ccc3Cl)n2)cc1F. The minimum Gasteiger partial charge on any atom is -0.494 e. The highest BCUT2D eigenvalue weighted by molar-refractivity contribution is 6.33. The molecule has 2 heterocycles. The number of halogens is 3. The second-order valence-electron chi connectivity index (χ2n) is 6.47. The third-order valence-electron chi connectivity index (χ3n) is 4.40. The molecule has 1 N–H and O–H groups in total. The van der Waals surface area contributed by atoms with Gasteiger partial charge in [-0.3, -0.25) is 4.79 Å². The van der Waals surface area contributed by atoms with E-state index in [0.717, 1.165) is 6.07 Å². The van der Waals surface area contributed by atoms with Crippen LogP contribution in [0.25, 0.3) is 23.0 Å². The van der Waals surface area contributed by atoms with Gasteiger partial charge < -0.3 is 19.1 Å². The second-order valence-corrected chi connectivity index (χ2v) is 6.87. The Morgan fingerprint density at radius 3 is 2.84 bits per heavy atom. The summed E-state index contributed by atoms with van der Waals surface area (Å²) >= 11 is 5.98. The first-order valence-electron chi connectivity index (χ1n) is 9.02. The van der Waals surface area contributed by atoms with Gasteiger partial charge in [-0.1, -0.05) is 16.8 Å². The van der Waals surface area contributed by atoms with E-state index in [9.17, 15) is 13.6 Å². The molecule has 0 aliphatic rings. The van der Waals surface area contributed by atoms with E-state index in [1.807, 2.05) is 0 Å². The van der Waals surface area contributed by atoms with Crippen LogP contribution in [-0.4, -0.2) is 27.7 Å². The molecule has 0 fully saturated rings. The molecule has 0 bridgehead atoms. The Kier molecular flexibility index (Phi) is 5.68. The first kappa shape index (κ1) is 20.5. The quantitative estimate of drug-likeness (QED) is 0.462. The van der Waals surface area contributed by atoms with Crippen LogP contribution in [0.15, 0.2) is 59.3 Å². The predicted molar refractivity (Wildman–Crippen MR) is 110 cm³/mol. The van der Waals surface area contributed by atoms with Gasteiger partial charge in [0.2, 0.25) is 11.7 Å². The number of ether oxygens (including phenoxy) is 1. The summed E-state index contributed by atoms with van der Waals surface area (Å²) in [6, 6.07) is 11.4. The number of hydrogen-bond acceptors (Lipinski definition) is 5. The number of aromatic nitrogens is 3. The fraction of sp³-hybridized carbons (Fsp3) is 0.0952. The average Bonchev–Trinajstić information content (AvgIpc) is 3.40. The van der Waals surface area contributed by atoms with Gasteiger partial charge in [-0.2, -0.15) is 4.98 Å². The van der Waals surface area contributed by atoms with Crippen molar-refractivity contribution in [3.63, 3.8) is 0 Å². The number of anilines is 1. The molecular weight excluding hydrogens is 430 g/mol. The average molecular weight is 445 g/mol. The lowest BCUT2D eigenvalue weighted by molar-refractivity contribution is -0.116. The summed E-state index contributed by atoms with van der Waals surface area (Å²) in [5, 5.41) is 6.66. The Bertz CT molecular complexity index is 1260. The maximum absolute atomic E-state index is 14.0. The summed E-state index contributed by atoms with van der Waals surface area (Å²) in [6.45, 7) is -0.107. The molecule has 0 aliphatic heterocycles. The van der Waals surface area contributed by atoms with Gasteiger partial charge in [-0.15, -0.1) is 0 Å². The topological polar surface area (TPSA) is 82.2 Å². The molecule has 4 rings (SSSR count). The first-order valence-corrected chi connectivity index (χ1v) is 9.40. The van der Waals surface area contributed by atoms with Gasteiger partial charge in [0.1, 0.15) is 18.1 Å². The molecular formula is C21H15ClF2N4O3. The number of methoxy groups -OCH3 is 1. The van der Waals surface area contributed by atoms with Crippen molar-refractivity contribution in [2.24, 2.45) is 0 Å². The number of hydrogen-bond donors (Lipinski definition) is 1. The third-order valence-corrected chi connectivity index (χ3v) is 4.73. The number of nitrogens with one attached hydrogen (secondary N) is 1. The molecule has 0 saturated heterocycles. The van der Waals surface area contributed by atoms with Crippen molar-refractivity contribution in [2.75, 3.05) is 12.4 Å². The fourth-order valence-electron chi connectivity index (χ4n) is 2.93. The lowest BCUT2D eigenvalue weighted by atomic mass is 10.2. The lowest BCUT2D eigenvalue weighted by Crippen LogP contribution is -2.19. The number of amides is 1. The Labute approximate surface area is 180 Å². The monoisotopic (exact) mass is 444 g/mol. The summed E-state index contributed by atoms with van der Waals surface area (Å²) in [7, 11) is 1.37. The number of carbonyl (C=O) groups is 1. The Morgan fingerprint density at radius 1 is 1.23 bits per heavy atom. The van der Waals surface area contributed by atoms with Crippen molar-refractivity contribution in [1.29, 1.82) is 0 Å². The van der Waals surface area contributed by atoms with Gasteiger partial charge in [0.15, 0.2) is 11.6 Å². The van der Waals surface area contributed by atoms with E-state index in [2.05, 4.69) is 15.5 Å². The second kappa shape index (κ2) is 8.57. The molecule has 0 saturated carbocycles. The molecule has 1 amide bonds. The summed E-state index contributed by atoms with van der Waals surface area (Å²) in [5.41, 5.74) is 1.06. The highest BCUT2D eigenvalue weighted by Crippen LogP contribution is 2.27. The van der Waals surface area contributed by atoms with Gasteiger partial charge in [-0.05, 0) is 48.5 Å².